The Balaban J connectivity index is 2.30. The van der Waals surface area contributed by atoms with Gasteiger partial charge in [0.05, 0.1) is 5.56 Å². The van der Waals surface area contributed by atoms with E-state index in [2.05, 4.69) is 5.32 Å². The minimum absolute atomic E-state index is 0.166. The largest absolute Gasteiger partial charge is 0.478 e. The second-order valence-electron chi connectivity index (χ2n) is 5.37. The number of hydrogen-bond donors (Lipinski definition) is 2. The molecule has 1 heterocycles. The van der Waals surface area contributed by atoms with Gasteiger partial charge in [0.2, 0.25) is 0 Å². The monoisotopic (exact) mass is 365 g/mol. The van der Waals surface area contributed by atoms with Crippen molar-refractivity contribution in [3.05, 3.63) is 51.4 Å². The van der Waals surface area contributed by atoms with Gasteiger partial charge in [-0.2, -0.15) is 0 Å². The summed E-state index contributed by atoms with van der Waals surface area (Å²) in [5, 5.41) is 12.5. The van der Waals surface area contributed by atoms with E-state index in [9.17, 15) is 18.9 Å². The number of nitrogens with one attached hydrogen (secondary N) is 1. The van der Waals surface area contributed by atoms with Crippen LogP contribution in [0.3, 0.4) is 0 Å². The van der Waals surface area contributed by atoms with Crippen LogP contribution in [0, 0.1) is 6.92 Å². The molecule has 0 aliphatic rings. The number of amides is 1. The molecule has 1 aromatic heterocycles. The lowest BCUT2D eigenvalue weighted by Gasteiger charge is -2.07. The summed E-state index contributed by atoms with van der Waals surface area (Å²) in [4.78, 5) is 24.9. The summed E-state index contributed by atoms with van der Waals surface area (Å²) < 4.78 is 11.3. The Morgan fingerprint density at radius 3 is 2.62 bits per heavy atom. The number of carbonyl (C=O) groups is 2. The normalized spacial score (nSPS) is 12.0. The fourth-order valence-corrected chi connectivity index (χ4v) is 4.31. The van der Waals surface area contributed by atoms with Crippen LogP contribution in [0.25, 0.3) is 0 Å². The smallest absolute Gasteiger partial charge is 0.339 e. The Morgan fingerprint density at radius 2 is 2.04 bits per heavy atom. The van der Waals surface area contributed by atoms with Gasteiger partial charge in [-0.25, -0.2) is 4.79 Å². The number of aromatic carboxylic acids is 1. The highest BCUT2D eigenvalue weighted by Gasteiger charge is 2.22. The average Bonchev–Trinajstić information content (AvgIpc) is 2.82. The number of anilines is 1. The minimum Gasteiger partial charge on any atom is -0.478 e. The molecule has 0 radical (unpaired) electrons. The van der Waals surface area contributed by atoms with Crippen molar-refractivity contribution in [2.75, 3.05) is 11.6 Å². The van der Waals surface area contributed by atoms with E-state index >= 15 is 0 Å². The van der Waals surface area contributed by atoms with E-state index in [-0.39, 0.29) is 11.5 Å². The van der Waals surface area contributed by atoms with Crippen molar-refractivity contribution in [1.82, 2.24) is 0 Å². The van der Waals surface area contributed by atoms with Crippen LogP contribution in [0.5, 0.6) is 0 Å². The van der Waals surface area contributed by atoms with E-state index in [0.717, 1.165) is 16.0 Å². The Labute approximate surface area is 147 Å². The summed E-state index contributed by atoms with van der Waals surface area (Å²) in [6.45, 7) is 3.74. The highest BCUT2D eigenvalue weighted by atomic mass is 32.2. The van der Waals surface area contributed by atoms with Gasteiger partial charge in [-0.3, -0.25) is 9.00 Å². The third-order valence-electron chi connectivity index (χ3n) is 3.56. The molecule has 0 saturated heterocycles. The number of carboxylic acid groups (broad SMARTS) is 1. The van der Waals surface area contributed by atoms with Gasteiger partial charge >= 0.3 is 5.97 Å². The fourth-order valence-electron chi connectivity index (χ4n) is 2.53. The van der Waals surface area contributed by atoms with Crippen LogP contribution in [0.1, 0.15) is 43.6 Å². The zero-order valence-corrected chi connectivity index (χ0v) is 15.3. The van der Waals surface area contributed by atoms with Gasteiger partial charge in [0.1, 0.15) is 5.00 Å². The van der Waals surface area contributed by atoms with Crippen molar-refractivity contribution in [2.24, 2.45) is 0 Å². The molecule has 0 aliphatic heterocycles. The van der Waals surface area contributed by atoms with Crippen LogP contribution in [0.15, 0.2) is 24.3 Å². The first kappa shape index (κ1) is 18.4. The molecule has 0 bridgehead atoms. The number of carbonyl (C=O) groups excluding carboxylic acids is 1. The maximum Gasteiger partial charge on any atom is 0.339 e. The third-order valence-corrected chi connectivity index (χ3v) is 5.37. The molecule has 1 unspecified atom stereocenters. The molecular weight excluding hydrogens is 346 g/mol. The topological polar surface area (TPSA) is 83.5 Å². The number of carboxylic acids is 1. The molecule has 128 valence electrons. The van der Waals surface area contributed by atoms with Crippen LogP contribution in [0.2, 0.25) is 0 Å². The number of benzene rings is 1. The zero-order chi connectivity index (χ0) is 17.9. The van der Waals surface area contributed by atoms with Crippen molar-refractivity contribution >= 4 is 39.0 Å². The molecule has 0 spiro atoms. The van der Waals surface area contributed by atoms with Gasteiger partial charge in [0.25, 0.3) is 5.91 Å². The lowest BCUT2D eigenvalue weighted by molar-refractivity contribution is 0.0697. The lowest BCUT2D eigenvalue weighted by atomic mass is 10.1. The number of rotatable bonds is 6. The minimum atomic E-state index is -1.04. The predicted octanol–water partition coefficient (Wildman–Crippen LogP) is 3.45. The highest BCUT2D eigenvalue weighted by Crippen LogP contribution is 2.33. The molecule has 24 heavy (non-hydrogen) atoms. The van der Waals surface area contributed by atoms with Crippen molar-refractivity contribution in [2.45, 2.75) is 26.0 Å². The molecule has 1 atom stereocenters. The summed E-state index contributed by atoms with van der Waals surface area (Å²) in [7, 11) is -0.994. The fraction of sp³-hybridized carbons (Fsp3) is 0.294. The molecular formula is C17H19NO4S2. The highest BCUT2D eigenvalue weighted by molar-refractivity contribution is 7.83. The molecule has 2 rings (SSSR count). The molecule has 7 heteroatoms. The van der Waals surface area contributed by atoms with Crippen LogP contribution in [-0.4, -0.2) is 27.4 Å². The quantitative estimate of drug-likeness (QED) is 0.821. The summed E-state index contributed by atoms with van der Waals surface area (Å²) in [6, 6.07) is 6.87. The summed E-state index contributed by atoms with van der Waals surface area (Å²) in [6.07, 6.45) is 2.20. The maximum absolute atomic E-state index is 12.5. The molecule has 0 fully saturated rings. The molecule has 2 N–H and O–H groups in total. The van der Waals surface area contributed by atoms with E-state index in [1.54, 1.807) is 24.5 Å². The van der Waals surface area contributed by atoms with Crippen molar-refractivity contribution in [1.29, 1.82) is 0 Å². The first-order valence-electron chi connectivity index (χ1n) is 7.39. The molecule has 0 aliphatic carbocycles. The van der Waals surface area contributed by atoms with Gasteiger partial charge in [0, 0.05) is 33.2 Å². The van der Waals surface area contributed by atoms with Gasteiger partial charge in [-0.15, -0.1) is 11.3 Å². The van der Waals surface area contributed by atoms with Crippen molar-refractivity contribution in [3.63, 3.8) is 0 Å². The Bertz CT molecular complexity index is 811. The summed E-state index contributed by atoms with van der Waals surface area (Å²) in [5.41, 5.74) is 2.13. The Hall–Kier alpha value is -1.99. The Kier molecular flexibility index (Phi) is 5.90. The van der Waals surface area contributed by atoms with E-state index in [1.807, 2.05) is 19.9 Å². The predicted molar refractivity (Wildman–Crippen MR) is 97.6 cm³/mol. The zero-order valence-electron chi connectivity index (χ0n) is 13.7. The van der Waals surface area contributed by atoms with Crippen LogP contribution in [0.4, 0.5) is 5.00 Å². The van der Waals surface area contributed by atoms with Gasteiger partial charge in [-0.1, -0.05) is 19.1 Å². The average molecular weight is 365 g/mol. The van der Waals surface area contributed by atoms with Crippen LogP contribution < -0.4 is 5.32 Å². The molecule has 0 saturated carbocycles. The van der Waals surface area contributed by atoms with Gasteiger partial charge in [0.15, 0.2) is 0 Å². The number of aryl methyl sites for hydroxylation is 1. The van der Waals surface area contributed by atoms with Gasteiger partial charge < -0.3 is 10.4 Å². The summed E-state index contributed by atoms with van der Waals surface area (Å²) >= 11 is 1.27. The van der Waals surface area contributed by atoms with E-state index in [4.69, 9.17) is 0 Å². The van der Waals surface area contributed by atoms with Crippen LogP contribution >= 0.6 is 11.3 Å². The number of hydrogen-bond acceptors (Lipinski definition) is 4. The maximum atomic E-state index is 12.5. The van der Waals surface area contributed by atoms with Crippen LogP contribution in [-0.2, 0) is 23.0 Å². The molecule has 1 aromatic carbocycles. The Morgan fingerprint density at radius 1 is 1.33 bits per heavy atom. The van der Waals surface area contributed by atoms with E-state index in [1.165, 1.54) is 11.3 Å². The standard InChI is InChI=1S/C17H19NO4S2/c1-4-13-10(2)23-16(14(13)17(20)21)18-15(19)12-7-5-6-11(8-12)9-24(3)22/h5-8H,4,9H2,1-3H3,(H,18,19)(H,20,21). The van der Waals surface area contributed by atoms with E-state index < -0.39 is 16.8 Å². The molecule has 5 nitrogen and oxygen atoms in total. The second kappa shape index (κ2) is 7.72. The second-order valence-corrected chi connectivity index (χ2v) is 8.03. The lowest BCUT2D eigenvalue weighted by Crippen LogP contribution is -2.14. The molecule has 2 aromatic rings. The first-order chi connectivity index (χ1) is 11.3. The third kappa shape index (κ3) is 4.10. The van der Waals surface area contributed by atoms with E-state index in [0.29, 0.717) is 22.7 Å². The summed E-state index contributed by atoms with van der Waals surface area (Å²) in [5.74, 6) is -1.04. The van der Waals surface area contributed by atoms with Gasteiger partial charge in [-0.05, 0) is 36.6 Å². The molecule has 1 amide bonds. The van der Waals surface area contributed by atoms with Crippen molar-refractivity contribution < 1.29 is 18.9 Å². The SMILES string of the molecule is CCc1c(C)sc(NC(=O)c2cccc(CS(C)=O)c2)c1C(=O)O. The first-order valence-corrected chi connectivity index (χ1v) is 9.93. The van der Waals surface area contributed by atoms with Crippen molar-refractivity contribution in [3.8, 4) is 0 Å². The number of thiophene rings is 1.